The van der Waals surface area contributed by atoms with Crippen molar-refractivity contribution in [2.24, 2.45) is 0 Å². The Bertz CT molecular complexity index is 797. The normalized spacial score (nSPS) is 15.1. The van der Waals surface area contributed by atoms with Gasteiger partial charge in [-0.3, -0.25) is 9.36 Å². The second-order valence-corrected chi connectivity index (χ2v) is 10.1. The average Bonchev–Trinajstić information content (AvgIpc) is 2.60. The fourth-order valence-corrected chi connectivity index (χ4v) is 5.85. The SMILES string of the molecule is CCO[P@@](=O)(c1ccccc1)[C@H](NC(=O)c1ccc(F)cc1)C(Cl)(Cl)Cl. The van der Waals surface area contributed by atoms with Crippen molar-refractivity contribution in [2.45, 2.75) is 16.5 Å². The van der Waals surface area contributed by atoms with Crippen LogP contribution in [0.4, 0.5) is 4.39 Å². The highest BCUT2D eigenvalue weighted by molar-refractivity contribution is 7.68. The Kier molecular flexibility index (Phi) is 7.12. The van der Waals surface area contributed by atoms with Crippen LogP contribution in [0, 0.1) is 5.82 Å². The van der Waals surface area contributed by atoms with E-state index < -0.39 is 28.7 Å². The average molecular weight is 439 g/mol. The van der Waals surface area contributed by atoms with Crippen molar-refractivity contribution in [3.05, 3.63) is 66.0 Å². The summed E-state index contributed by atoms with van der Waals surface area (Å²) in [5.41, 5.74) is 0.127. The van der Waals surface area contributed by atoms with Gasteiger partial charge in [-0.05, 0) is 43.3 Å². The summed E-state index contributed by atoms with van der Waals surface area (Å²) in [7, 11) is -3.79. The van der Waals surface area contributed by atoms with Crippen molar-refractivity contribution in [3.63, 3.8) is 0 Å². The maximum Gasteiger partial charge on any atom is 0.258 e. The van der Waals surface area contributed by atoms with Crippen molar-refractivity contribution >= 4 is 53.4 Å². The summed E-state index contributed by atoms with van der Waals surface area (Å²) in [4.78, 5) is 12.5. The zero-order valence-corrected chi connectivity index (χ0v) is 16.8. The van der Waals surface area contributed by atoms with Crippen LogP contribution in [0.1, 0.15) is 17.3 Å². The Balaban J connectivity index is 2.43. The standard InChI is InChI=1S/C17H16Cl3FNO3P/c1-2-25-26(24,14-6-4-3-5-7-14)16(17(18,19)20)22-15(23)12-8-10-13(21)11-9-12/h3-11,16H,2H2,1H3,(H,22,23)/t16-,26-/m0/s1. The van der Waals surface area contributed by atoms with E-state index >= 15 is 0 Å². The van der Waals surface area contributed by atoms with Crippen LogP contribution in [0.3, 0.4) is 0 Å². The second-order valence-electron chi connectivity index (χ2n) is 5.27. The fraction of sp³-hybridized carbons (Fsp3) is 0.235. The van der Waals surface area contributed by atoms with Crippen LogP contribution in [0.25, 0.3) is 0 Å². The number of carbonyl (C=O) groups is 1. The first-order valence-electron chi connectivity index (χ1n) is 7.61. The van der Waals surface area contributed by atoms with Gasteiger partial charge in [0.05, 0.1) is 6.61 Å². The molecular weight excluding hydrogens is 423 g/mol. The highest BCUT2D eigenvalue weighted by atomic mass is 35.6. The van der Waals surface area contributed by atoms with Gasteiger partial charge in [0.25, 0.3) is 13.3 Å². The number of nitrogens with one attached hydrogen (secondary N) is 1. The summed E-state index contributed by atoms with van der Waals surface area (Å²) in [6, 6.07) is 13.0. The molecule has 1 amide bonds. The Morgan fingerprint density at radius 1 is 1.15 bits per heavy atom. The van der Waals surface area contributed by atoms with E-state index in [1.54, 1.807) is 37.3 Å². The molecule has 0 aliphatic heterocycles. The Morgan fingerprint density at radius 3 is 2.23 bits per heavy atom. The zero-order valence-electron chi connectivity index (χ0n) is 13.7. The third-order valence-corrected chi connectivity index (χ3v) is 7.43. The number of hydrogen-bond acceptors (Lipinski definition) is 3. The first kappa shape index (κ1) is 21.2. The third kappa shape index (κ3) is 4.99. The molecule has 2 aromatic rings. The lowest BCUT2D eigenvalue weighted by Crippen LogP contribution is -2.46. The second kappa shape index (κ2) is 8.73. The minimum atomic E-state index is -3.79. The van der Waals surface area contributed by atoms with Gasteiger partial charge in [0.2, 0.25) is 3.79 Å². The Morgan fingerprint density at radius 2 is 1.73 bits per heavy atom. The molecule has 0 aromatic heterocycles. The lowest BCUT2D eigenvalue weighted by molar-refractivity contribution is 0.0945. The van der Waals surface area contributed by atoms with E-state index in [-0.39, 0.29) is 12.2 Å². The quantitative estimate of drug-likeness (QED) is 0.516. The largest absolute Gasteiger partial charge is 0.336 e. The lowest BCUT2D eigenvalue weighted by Gasteiger charge is -2.32. The van der Waals surface area contributed by atoms with E-state index in [2.05, 4.69) is 5.32 Å². The number of amides is 1. The van der Waals surface area contributed by atoms with E-state index in [9.17, 15) is 13.8 Å². The Hall–Kier alpha value is -1.10. The zero-order chi connectivity index (χ0) is 19.4. The molecule has 0 radical (unpaired) electrons. The van der Waals surface area contributed by atoms with Gasteiger partial charge in [0, 0.05) is 10.9 Å². The molecule has 0 spiro atoms. The van der Waals surface area contributed by atoms with Gasteiger partial charge in [0.15, 0.2) is 5.78 Å². The van der Waals surface area contributed by atoms with Gasteiger partial charge in [0.1, 0.15) is 5.82 Å². The summed E-state index contributed by atoms with van der Waals surface area (Å²) >= 11 is 18.1. The molecule has 0 unspecified atom stereocenters. The summed E-state index contributed by atoms with van der Waals surface area (Å²) in [5, 5.41) is 2.77. The summed E-state index contributed by atoms with van der Waals surface area (Å²) in [5.74, 6) is -2.61. The molecule has 0 saturated heterocycles. The molecule has 0 aliphatic carbocycles. The smallest absolute Gasteiger partial charge is 0.258 e. The third-order valence-electron chi connectivity index (χ3n) is 3.46. The number of halogens is 4. The number of hydrogen-bond donors (Lipinski definition) is 1. The highest BCUT2D eigenvalue weighted by Gasteiger charge is 2.49. The number of carbonyl (C=O) groups excluding carboxylic acids is 1. The van der Waals surface area contributed by atoms with Gasteiger partial charge in [-0.15, -0.1) is 0 Å². The minimum absolute atomic E-state index is 0.0792. The van der Waals surface area contributed by atoms with E-state index in [4.69, 9.17) is 39.3 Å². The number of rotatable bonds is 6. The molecule has 0 bridgehead atoms. The highest BCUT2D eigenvalue weighted by Crippen LogP contribution is 2.57. The number of benzene rings is 2. The molecule has 9 heteroatoms. The maximum absolute atomic E-state index is 13.6. The molecule has 2 rings (SSSR count). The fourth-order valence-electron chi connectivity index (χ4n) is 2.29. The molecule has 0 saturated carbocycles. The van der Waals surface area contributed by atoms with Crippen LogP contribution in [0.2, 0.25) is 0 Å². The Labute approximate surface area is 166 Å². The summed E-state index contributed by atoms with van der Waals surface area (Å²) in [6.45, 7) is 1.72. The van der Waals surface area contributed by atoms with Crippen LogP contribution < -0.4 is 10.6 Å². The molecule has 1 N–H and O–H groups in total. The van der Waals surface area contributed by atoms with Gasteiger partial charge in [-0.25, -0.2) is 4.39 Å². The number of alkyl halides is 3. The van der Waals surface area contributed by atoms with E-state index in [1.807, 2.05) is 0 Å². The predicted molar refractivity (Wildman–Crippen MR) is 103 cm³/mol. The molecule has 4 nitrogen and oxygen atoms in total. The van der Waals surface area contributed by atoms with Crippen molar-refractivity contribution < 1.29 is 18.3 Å². The molecular formula is C17H16Cl3FNO3P. The van der Waals surface area contributed by atoms with E-state index in [0.29, 0.717) is 5.30 Å². The summed E-state index contributed by atoms with van der Waals surface area (Å²) < 4.78 is 30.1. The van der Waals surface area contributed by atoms with E-state index in [1.165, 1.54) is 12.1 Å². The topological polar surface area (TPSA) is 55.4 Å². The van der Waals surface area contributed by atoms with Crippen molar-refractivity contribution in [2.75, 3.05) is 6.61 Å². The minimum Gasteiger partial charge on any atom is -0.336 e. The first-order chi connectivity index (χ1) is 12.2. The molecule has 0 aliphatic rings. The van der Waals surface area contributed by atoms with Gasteiger partial charge in [-0.2, -0.15) is 0 Å². The molecule has 26 heavy (non-hydrogen) atoms. The van der Waals surface area contributed by atoms with Gasteiger partial charge in [-0.1, -0.05) is 53.0 Å². The molecule has 0 heterocycles. The molecule has 140 valence electrons. The van der Waals surface area contributed by atoms with Gasteiger partial charge < -0.3 is 9.84 Å². The summed E-state index contributed by atoms with van der Waals surface area (Å²) in [6.07, 6.45) is 0. The van der Waals surface area contributed by atoms with Crippen LogP contribution in [-0.4, -0.2) is 22.1 Å². The van der Waals surface area contributed by atoms with Crippen LogP contribution >= 0.6 is 42.2 Å². The van der Waals surface area contributed by atoms with Crippen molar-refractivity contribution in [1.82, 2.24) is 5.32 Å². The lowest BCUT2D eigenvalue weighted by atomic mass is 10.2. The van der Waals surface area contributed by atoms with Crippen LogP contribution in [-0.2, 0) is 9.09 Å². The molecule has 2 atom stereocenters. The van der Waals surface area contributed by atoms with Crippen molar-refractivity contribution in [1.29, 1.82) is 0 Å². The van der Waals surface area contributed by atoms with Crippen LogP contribution in [0.5, 0.6) is 0 Å². The molecule has 2 aromatic carbocycles. The van der Waals surface area contributed by atoms with Crippen LogP contribution in [0.15, 0.2) is 54.6 Å². The van der Waals surface area contributed by atoms with Gasteiger partial charge >= 0.3 is 0 Å². The first-order valence-corrected chi connectivity index (χ1v) is 10.4. The predicted octanol–water partition coefficient (Wildman–Crippen LogP) is 4.89. The maximum atomic E-state index is 13.6. The molecule has 0 fully saturated rings. The monoisotopic (exact) mass is 437 g/mol. The van der Waals surface area contributed by atoms with Crippen molar-refractivity contribution in [3.8, 4) is 0 Å². The van der Waals surface area contributed by atoms with E-state index in [0.717, 1.165) is 12.1 Å².